The Bertz CT molecular complexity index is 859. The molecule has 2 N–H and O–H groups in total. The number of alkyl halides is 1. The van der Waals surface area contributed by atoms with Crippen LogP contribution in [-0.2, 0) is 4.79 Å². The standard InChI is InChI=1S/C26H39BrNO3/c1-17-14-21-20-7-6-18-15-19(28-12-4-5-13-28)8-9-23(18,2)25(20,30)11-10-24(21,3)26(17,31)22(29)16-27/h15,17,20-21,30-31H,4-14,16H2,1-3H3/q+1/t17-,20-,21-,23-,24-,25+,26-/m0/s1. The fourth-order valence-electron chi connectivity index (χ4n) is 8.81. The van der Waals surface area contributed by atoms with Crippen LogP contribution in [-0.4, -0.2) is 55.9 Å². The molecule has 5 rings (SSSR count). The summed E-state index contributed by atoms with van der Waals surface area (Å²) in [6, 6.07) is 0. The monoisotopic (exact) mass is 492 g/mol. The van der Waals surface area contributed by atoms with Crippen LogP contribution in [0.1, 0.15) is 78.6 Å². The summed E-state index contributed by atoms with van der Waals surface area (Å²) in [5, 5.41) is 24.3. The van der Waals surface area contributed by atoms with Gasteiger partial charge in [0.05, 0.1) is 10.9 Å². The second-order valence-corrected chi connectivity index (χ2v) is 12.3. The zero-order valence-corrected chi connectivity index (χ0v) is 21.0. The van der Waals surface area contributed by atoms with Crippen molar-refractivity contribution >= 4 is 27.4 Å². The van der Waals surface area contributed by atoms with E-state index in [9.17, 15) is 15.0 Å². The van der Waals surface area contributed by atoms with Gasteiger partial charge in [0.2, 0.25) is 0 Å². The van der Waals surface area contributed by atoms with Crippen molar-refractivity contribution in [2.24, 2.45) is 28.6 Å². The highest BCUT2D eigenvalue weighted by molar-refractivity contribution is 9.09. The molecule has 0 spiro atoms. The van der Waals surface area contributed by atoms with Crippen molar-refractivity contribution in [1.29, 1.82) is 0 Å². The first-order chi connectivity index (χ1) is 14.6. The SMILES string of the molecule is C[C@H]1C[C@H]2[C@@H]3CCC4=CC(=[N+]5CCCC5)CC[C@]4(C)[C@@]3(O)CC[C@]2(C)[C@@]1(O)C(=O)CBr. The molecule has 5 heteroatoms. The molecule has 5 aliphatic rings. The molecule has 0 aromatic rings. The van der Waals surface area contributed by atoms with Gasteiger partial charge in [-0.15, -0.1) is 0 Å². The van der Waals surface area contributed by atoms with Gasteiger partial charge in [0, 0.05) is 36.2 Å². The Morgan fingerprint density at radius 2 is 1.84 bits per heavy atom. The summed E-state index contributed by atoms with van der Waals surface area (Å²) >= 11 is 3.32. The van der Waals surface area contributed by atoms with E-state index in [2.05, 4.69) is 40.4 Å². The van der Waals surface area contributed by atoms with Gasteiger partial charge in [-0.25, -0.2) is 4.58 Å². The van der Waals surface area contributed by atoms with E-state index in [1.54, 1.807) is 0 Å². The molecule has 0 aromatic carbocycles. The smallest absolute Gasteiger partial charge is 0.175 e. The van der Waals surface area contributed by atoms with Gasteiger partial charge in [0.1, 0.15) is 18.7 Å². The number of carbonyl (C=O) groups is 1. The second kappa shape index (κ2) is 7.24. The van der Waals surface area contributed by atoms with Gasteiger partial charge < -0.3 is 10.2 Å². The number of fused-ring (bicyclic) bond motifs is 5. The quantitative estimate of drug-likeness (QED) is 0.447. The third-order valence-electron chi connectivity index (χ3n) is 10.8. The Morgan fingerprint density at radius 1 is 1.13 bits per heavy atom. The van der Waals surface area contributed by atoms with Crippen molar-refractivity contribution in [3.8, 4) is 0 Å². The Kier molecular flexibility index (Phi) is 5.20. The van der Waals surface area contributed by atoms with E-state index in [0.29, 0.717) is 6.42 Å². The third kappa shape index (κ3) is 2.72. The number of rotatable bonds is 2. The van der Waals surface area contributed by atoms with Gasteiger partial charge in [0.15, 0.2) is 11.5 Å². The van der Waals surface area contributed by atoms with Crippen LogP contribution >= 0.6 is 15.9 Å². The summed E-state index contributed by atoms with van der Waals surface area (Å²) in [4.78, 5) is 12.9. The Morgan fingerprint density at radius 3 is 2.52 bits per heavy atom. The van der Waals surface area contributed by atoms with E-state index in [0.717, 1.165) is 38.5 Å². The molecule has 1 heterocycles. The van der Waals surface area contributed by atoms with Crippen molar-refractivity contribution in [3.63, 3.8) is 0 Å². The first-order valence-electron chi connectivity index (χ1n) is 12.5. The third-order valence-corrected chi connectivity index (χ3v) is 11.3. The Balaban J connectivity index is 1.52. The molecule has 172 valence electrons. The molecule has 3 saturated carbocycles. The lowest BCUT2D eigenvalue weighted by Crippen LogP contribution is -2.66. The molecule has 0 aromatic heterocycles. The highest BCUT2D eigenvalue weighted by atomic mass is 79.9. The molecule has 31 heavy (non-hydrogen) atoms. The lowest BCUT2D eigenvalue weighted by Gasteiger charge is -2.63. The number of ketones is 1. The van der Waals surface area contributed by atoms with E-state index in [1.807, 2.05) is 6.92 Å². The Hall–Kier alpha value is -0.520. The average Bonchev–Trinajstić information content (AvgIpc) is 3.35. The number of allylic oxidation sites excluding steroid dienone is 1. The summed E-state index contributed by atoms with van der Waals surface area (Å²) in [5.41, 5.74) is 0.264. The summed E-state index contributed by atoms with van der Waals surface area (Å²) in [5.74, 6) is 0.194. The molecule has 1 aliphatic heterocycles. The fourth-order valence-corrected chi connectivity index (χ4v) is 9.24. The zero-order chi connectivity index (χ0) is 22.2. The van der Waals surface area contributed by atoms with E-state index in [1.165, 1.54) is 37.2 Å². The summed E-state index contributed by atoms with van der Waals surface area (Å²) in [7, 11) is 0. The molecule has 4 nitrogen and oxygen atoms in total. The average molecular weight is 494 g/mol. The highest BCUT2D eigenvalue weighted by Gasteiger charge is 2.72. The van der Waals surface area contributed by atoms with Crippen molar-refractivity contribution in [3.05, 3.63) is 11.6 Å². The van der Waals surface area contributed by atoms with E-state index in [4.69, 9.17) is 0 Å². The summed E-state index contributed by atoms with van der Waals surface area (Å²) < 4.78 is 2.56. The predicted molar refractivity (Wildman–Crippen MR) is 126 cm³/mol. The molecule has 0 amide bonds. The van der Waals surface area contributed by atoms with E-state index < -0.39 is 16.6 Å². The first kappa shape index (κ1) is 22.3. The second-order valence-electron chi connectivity index (χ2n) is 11.7. The lowest BCUT2D eigenvalue weighted by atomic mass is 9.44. The van der Waals surface area contributed by atoms with Crippen LogP contribution in [0.4, 0.5) is 0 Å². The maximum Gasteiger partial charge on any atom is 0.175 e. The van der Waals surface area contributed by atoms with Crippen molar-refractivity contribution in [2.45, 2.75) is 89.8 Å². The molecule has 1 saturated heterocycles. The molecule has 7 atom stereocenters. The topological polar surface area (TPSA) is 60.5 Å². The fraction of sp³-hybridized carbons (Fsp3) is 0.846. The minimum atomic E-state index is -1.29. The van der Waals surface area contributed by atoms with Crippen molar-refractivity contribution < 1.29 is 19.6 Å². The number of hydrogen-bond acceptors (Lipinski definition) is 3. The minimum Gasteiger partial charge on any atom is -0.389 e. The van der Waals surface area contributed by atoms with Crippen LogP contribution in [0.15, 0.2) is 11.6 Å². The molecule has 4 fully saturated rings. The molecule has 4 aliphatic carbocycles. The number of aliphatic hydroxyl groups is 2. The molecular formula is C26H39BrNO3+. The lowest BCUT2D eigenvalue weighted by molar-refractivity contribution is -0.506. The predicted octanol–water partition coefficient (Wildman–Crippen LogP) is 4.25. The van der Waals surface area contributed by atoms with Gasteiger partial charge >= 0.3 is 0 Å². The number of hydrogen-bond donors (Lipinski definition) is 2. The summed E-state index contributed by atoms with van der Waals surface area (Å²) in [6.07, 6.45) is 11.3. The van der Waals surface area contributed by atoms with Crippen LogP contribution in [0.5, 0.6) is 0 Å². The van der Waals surface area contributed by atoms with Crippen molar-refractivity contribution in [1.82, 2.24) is 0 Å². The van der Waals surface area contributed by atoms with Crippen LogP contribution in [0.2, 0.25) is 0 Å². The normalized spacial score (nSPS) is 49.4. The van der Waals surface area contributed by atoms with Gasteiger partial charge in [0.25, 0.3) is 0 Å². The highest BCUT2D eigenvalue weighted by Crippen LogP contribution is 2.70. The molecule has 0 unspecified atom stereocenters. The largest absolute Gasteiger partial charge is 0.389 e. The maximum atomic E-state index is 12.9. The molecule has 0 bridgehead atoms. The summed E-state index contributed by atoms with van der Waals surface area (Å²) in [6.45, 7) is 8.84. The van der Waals surface area contributed by atoms with Crippen LogP contribution in [0.25, 0.3) is 0 Å². The van der Waals surface area contributed by atoms with Crippen molar-refractivity contribution in [2.75, 3.05) is 18.4 Å². The molecular weight excluding hydrogens is 454 g/mol. The van der Waals surface area contributed by atoms with Crippen LogP contribution in [0, 0.1) is 28.6 Å². The van der Waals surface area contributed by atoms with Crippen LogP contribution < -0.4 is 0 Å². The zero-order valence-electron chi connectivity index (χ0n) is 19.4. The number of nitrogens with zero attached hydrogens (tertiary/aromatic N) is 1. The van der Waals surface area contributed by atoms with E-state index in [-0.39, 0.29) is 34.3 Å². The van der Waals surface area contributed by atoms with Gasteiger partial charge in [-0.3, -0.25) is 4.79 Å². The minimum absolute atomic E-state index is 0.0684. The molecule has 0 radical (unpaired) electrons. The van der Waals surface area contributed by atoms with Gasteiger partial charge in [-0.1, -0.05) is 42.3 Å². The Labute approximate surface area is 195 Å². The van der Waals surface area contributed by atoms with Crippen LogP contribution in [0.3, 0.4) is 0 Å². The number of Topliss-reactive ketones (excluding diaryl/α,β-unsaturated/α-hetero) is 1. The van der Waals surface area contributed by atoms with Gasteiger partial charge in [-0.05, 0) is 56.3 Å². The number of halogens is 1. The van der Waals surface area contributed by atoms with E-state index >= 15 is 0 Å². The maximum absolute atomic E-state index is 12.9. The number of carbonyl (C=O) groups excluding carboxylic acids is 1. The van der Waals surface area contributed by atoms with Gasteiger partial charge in [-0.2, -0.15) is 0 Å². The first-order valence-corrected chi connectivity index (χ1v) is 13.6.